The van der Waals surface area contributed by atoms with Gasteiger partial charge in [-0.2, -0.15) is 0 Å². The van der Waals surface area contributed by atoms with Gasteiger partial charge in [0.1, 0.15) is 17.1 Å². The zero-order valence-corrected chi connectivity index (χ0v) is 18.8. The number of hydrogen-bond acceptors (Lipinski definition) is 5. The number of rotatable bonds is 5. The van der Waals surface area contributed by atoms with Crippen LogP contribution in [0.3, 0.4) is 0 Å². The van der Waals surface area contributed by atoms with Crippen molar-refractivity contribution in [1.29, 1.82) is 0 Å². The second-order valence-corrected chi connectivity index (χ2v) is 8.67. The monoisotopic (exact) mass is 437 g/mol. The Hall–Kier alpha value is -3.06. The van der Waals surface area contributed by atoms with E-state index in [1.807, 2.05) is 53.4 Å². The van der Waals surface area contributed by atoms with Crippen molar-refractivity contribution < 1.29 is 19.1 Å². The smallest absolute Gasteiger partial charge is 0.234 e. The Bertz CT molecular complexity index is 952. The lowest BCUT2D eigenvalue weighted by Gasteiger charge is -2.42. The van der Waals surface area contributed by atoms with Gasteiger partial charge in [0, 0.05) is 51.5 Å². The van der Waals surface area contributed by atoms with Crippen molar-refractivity contribution >= 4 is 11.8 Å². The van der Waals surface area contributed by atoms with Crippen molar-refractivity contribution in [3.8, 4) is 11.5 Å². The number of benzene rings is 2. The number of carbonyl (C=O) groups excluding carboxylic acids is 2. The van der Waals surface area contributed by atoms with Crippen LogP contribution in [0.1, 0.15) is 30.9 Å². The number of nitrogens with zero attached hydrogens (tertiary/aromatic N) is 2. The number of amides is 2. The molecule has 2 aliphatic rings. The fraction of sp³-hybridized carbons (Fsp3) is 0.440. The van der Waals surface area contributed by atoms with Crippen molar-refractivity contribution in [1.82, 2.24) is 15.1 Å². The summed E-state index contributed by atoms with van der Waals surface area (Å²) in [5.41, 5.74) is 1.67. The van der Waals surface area contributed by atoms with E-state index < -0.39 is 5.60 Å². The van der Waals surface area contributed by atoms with Gasteiger partial charge in [-0.1, -0.05) is 30.3 Å². The Balaban J connectivity index is 1.32. The van der Waals surface area contributed by atoms with E-state index >= 15 is 0 Å². The molecule has 0 atom stereocenters. The molecule has 1 N–H and O–H groups in total. The number of para-hydroxylation sites is 1. The van der Waals surface area contributed by atoms with E-state index in [2.05, 4.69) is 10.2 Å². The fourth-order valence-electron chi connectivity index (χ4n) is 4.41. The Morgan fingerprint density at radius 3 is 2.50 bits per heavy atom. The molecular formula is C25H31N3O4. The number of methoxy groups -OCH3 is 1. The van der Waals surface area contributed by atoms with Gasteiger partial charge in [-0.25, -0.2) is 0 Å². The molecule has 1 saturated heterocycles. The summed E-state index contributed by atoms with van der Waals surface area (Å²) in [7, 11) is 1.63. The van der Waals surface area contributed by atoms with E-state index in [1.54, 1.807) is 14.0 Å². The molecule has 7 nitrogen and oxygen atoms in total. The first-order valence-corrected chi connectivity index (χ1v) is 11.1. The third-order valence-corrected chi connectivity index (χ3v) is 6.37. The van der Waals surface area contributed by atoms with Crippen LogP contribution >= 0.6 is 0 Å². The molecule has 0 aliphatic carbocycles. The minimum Gasteiger partial charge on any atom is -0.497 e. The van der Waals surface area contributed by atoms with Gasteiger partial charge in [0.2, 0.25) is 11.8 Å². The largest absolute Gasteiger partial charge is 0.497 e. The minimum absolute atomic E-state index is 0.00857. The van der Waals surface area contributed by atoms with Gasteiger partial charge in [-0.3, -0.25) is 14.5 Å². The zero-order valence-electron chi connectivity index (χ0n) is 18.8. The summed E-state index contributed by atoms with van der Waals surface area (Å²) in [6.45, 7) is 5.13. The highest BCUT2D eigenvalue weighted by molar-refractivity contribution is 5.78. The molecule has 0 unspecified atom stereocenters. The van der Waals surface area contributed by atoms with Crippen molar-refractivity contribution in [2.75, 3.05) is 33.3 Å². The summed E-state index contributed by atoms with van der Waals surface area (Å²) in [4.78, 5) is 28.7. The maximum atomic E-state index is 12.5. The molecule has 2 aromatic rings. The fourth-order valence-corrected chi connectivity index (χ4v) is 4.41. The second-order valence-electron chi connectivity index (χ2n) is 8.67. The van der Waals surface area contributed by atoms with Crippen molar-refractivity contribution in [3.05, 3.63) is 59.7 Å². The Morgan fingerprint density at radius 1 is 1.09 bits per heavy atom. The topological polar surface area (TPSA) is 71.1 Å². The summed E-state index contributed by atoms with van der Waals surface area (Å²) in [6.07, 6.45) is 1.55. The molecule has 1 fully saturated rings. The highest BCUT2D eigenvalue weighted by atomic mass is 16.5. The maximum Gasteiger partial charge on any atom is 0.234 e. The number of carbonyl (C=O) groups is 2. The van der Waals surface area contributed by atoms with Gasteiger partial charge in [0.15, 0.2) is 0 Å². The SMILES string of the molecule is COc1ccc(CNC(=O)CN2CCC3(CC2)CN(C(C)=O)Cc2ccccc2O3)cc1. The van der Waals surface area contributed by atoms with Crippen LogP contribution in [0.5, 0.6) is 11.5 Å². The lowest BCUT2D eigenvalue weighted by atomic mass is 9.90. The third-order valence-electron chi connectivity index (χ3n) is 6.37. The number of fused-ring (bicyclic) bond motifs is 1. The summed E-state index contributed by atoms with van der Waals surface area (Å²) < 4.78 is 11.7. The number of hydrogen-bond donors (Lipinski definition) is 1. The van der Waals surface area contributed by atoms with Gasteiger partial charge >= 0.3 is 0 Å². The van der Waals surface area contributed by atoms with Crippen LogP contribution < -0.4 is 14.8 Å². The van der Waals surface area contributed by atoms with Crippen LogP contribution in [0.15, 0.2) is 48.5 Å². The first-order valence-electron chi connectivity index (χ1n) is 11.1. The van der Waals surface area contributed by atoms with Crippen LogP contribution in [-0.4, -0.2) is 60.5 Å². The molecule has 32 heavy (non-hydrogen) atoms. The summed E-state index contributed by atoms with van der Waals surface area (Å²) in [6, 6.07) is 15.6. The van der Waals surface area contributed by atoms with Crippen molar-refractivity contribution in [2.24, 2.45) is 0 Å². The van der Waals surface area contributed by atoms with Gasteiger partial charge in [0.25, 0.3) is 0 Å². The molecule has 2 aliphatic heterocycles. The van der Waals surface area contributed by atoms with Gasteiger partial charge in [-0.15, -0.1) is 0 Å². The molecule has 2 aromatic carbocycles. The number of piperidine rings is 1. The van der Waals surface area contributed by atoms with E-state index in [4.69, 9.17) is 9.47 Å². The van der Waals surface area contributed by atoms with Crippen LogP contribution in [0, 0.1) is 0 Å². The molecule has 1 spiro atoms. The van der Waals surface area contributed by atoms with Crippen molar-refractivity contribution in [2.45, 2.75) is 38.5 Å². The van der Waals surface area contributed by atoms with E-state index in [1.165, 1.54) is 0 Å². The predicted octanol–water partition coefficient (Wildman–Crippen LogP) is 2.59. The van der Waals surface area contributed by atoms with E-state index in [-0.39, 0.29) is 11.8 Å². The first kappa shape index (κ1) is 22.1. The van der Waals surface area contributed by atoms with Gasteiger partial charge < -0.3 is 19.7 Å². The third kappa shape index (κ3) is 5.22. The Labute approximate surface area is 189 Å². The average Bonchev–Trinajstić information content (AvgIpc) is 2.96. The van der Waals surface area contributed by atoms with Crippen LogP contribution in [0.25, 0.3) is 0 Å². The average molecular weight is 438 g/mol. The predicted molar refractivity (Wildman–Crippen MR) is 121 cm³/mol. The zero-order chi connectivity index (χ0) is 22.6. The van der Waals surface area contributed by atoms with Crippen LogP contribution in [0.4, 0.5) is 0 Å². The number of nitrogens with one attached hydrogen (secondary N) is 1. The van der Waals surface area contributed by atoms with E-state index in [0.29, 0.717) is 26.2 Å². The highest BCUT2D eigenvalue weighted by Crippen LogP contribution is 2.35. The van der Waals surface area contributed by atoms with Crippen LogP contribution in [-0.2, 0) is 22.7 Å². The Kier molecular flexibility index (Phi) is 6.65. The molecule has 4 rings (SSSR count). The van der Waals surface area contributed by atoms with Gasteiger partial charge in [0.05, 0.1) is 20.2 Å². The molecule has 2 amide bonds. The van der Waals surface area contributed by atoms with Crippen LogP contribution in [0.2, 0.25) is 0 Å². The summed E-state index contributed by atoms with van der Waals surface area (Å²) >= 11 is 0. The van der Waals surface area contributed by atoms with Gasteiger partial charge in [-0.05, 0) is 23.8 Å². The number of likely N-dealkylation sites (tertiary alicyclic amines) is 1. The molecule has 0 aromatic heterocycles. The maximum absolute atomic E-state index is 12.5. The minimum atomic E-state index is -0.408. The molecule has 0 saturated carbocycles. The first-order chi connectivity index (χ1) is 15.5. The quantitative estimate of drug-likeness (QED) is 0.779. The molecular weight excluding hydrogens is 406 g/mol. The molecule has 170 valence electrons. The standard InChI is InChI=1S/C25H31N3O4/c1-19(29)28-16-21-5-3-4-6-23(21)32-25(18-28)11-13-27(14-12-25)17-24(30)26-15-20-7-9-22(31-2)10-8-20/h3-10H,11-18H2,1-2H3,(H,26,30). The van der Waals surface area contributed by atoms with E-state index in [0.717, 1.165) is 48.6 Å². The molecule has 0 bridgehead atoms. The van der Waals surface area contributed by atoms with E-state index in [9.17, 15) is 9.59 Å². The molecule has 0 radical (unpaired) electrons. The summed E-state index contributed by atoms with van der Waals surface area (Å²) in [5, 5.41) is 2.99. The number of ether oxygens (including phenoxy) is 2. The van der Waals surface area contributed by atoms with Crippen molar-refractivity contribution in [3.63, 3.8) is 0 Å². The summed E-state index contributed by atoms with van der Waals surface area (Å²) in [5.74, 6) is 1.73. The molecule has 7 heteroatoms. The highest BCUT2D eigenvalue weighted by Gasteiger charge is 2.41. The Morgan fingerprint density at radius 2 is 1.81 bits per heavy atom. The lowest BCUT2D eigenvalue weighted by molar-refractivity contribution is -0.133. The second kappa shape index (κ2) is 9.61. The normalized spacial score (nSPS) is 17.8. The molecule has 2 heterocycles. The lowest BCUT2D eigenvalue weighted by Crippen LogP contribution is -2.55.